The number of fused-ring (bicyclic) bond motifs is 14. The van der Waals surface area contributed by atoms with Crippen molar-refractivity contribution in [2.45, 2.75) is 75.0 Å². The first kappa shape index (κ1) is 36.0. The molecule has 2 nitrogen and oxygen atoms in total. The minimum absolute atomic E-state index is 0.0461. The molecule has 0 radical (unpaired) electrons. The van der Waals surface area contributed by atoms with Gasteiger partial charge in [-0.1, -0.05) is 172 Å². The summed E-state index contributed by atoms with van der Waals surface area (Å²) in [5.41, 5.74) is 26.3. The Morgan fingerprint density at radius 2 is 0.921 bits per heavy atom. The Labute approximate surface area is 372 Å². The molecule has 0 unspecified atom stereocenters. The molecule has 0 saturated heterocycles. The molecule has 2 fully saturated rings. The van der Waals surface area contributed by atoms with Crippen LogP contribution < -0.4 is 26.2 Å². The highest BCUT2D eigenvalue weighted by Crippen LogP contribution is 2.59. The van der Waals surface area contributed by atoms with Crippen LogP contribution in [0.5, 0.6) is 0 Å². The van der Waals surface area contributed by atoms with Crippen molar-refractivity contribution in [3.63, 3.8) is 0 Å². The molecule has 0 bridgehead atoms. The number of para-hydroxylation sites is 2. The molecule has 6 aliphatic rings. The van der Waals surface area contributed by atoms with Crippen LogP contribution in [-0.2, 0) is 10.8 Å². The van der Waals surface area contributed by atoms with Crippen LogP contribution in [0.3, 0.4) is 0 Å². The third kappa shape index (κ3) is 4.86. The summed E-state index contributed by atoms with van der Waals surface area (Å²) in [4.78, 5) is 5.29. The Kier molecular flexibility index (Phi) is 7.69. The summed E-state index contributed by atoms with van der Waals surface area (Å²) in [5, 5.41) is 0. The summed E-state index contributed by atoms with van der Waals surface area (Å²) < 4.78 is 0. The van der Waals surface area contributed by atoms with Gasteiger partial charge in [0.15, 0.2) is 0 Å². The maximum absolute atomic E-state index is 2.67. The molecular weight excluding hydrogens is 759 g/mol. The molecule has 8 aromatic carbocycles. The number of benzene rings is 8. The van der Waals surface area contributed by atoms with Crippen LogP contribution in [0.1, 0.15) is 86.5 Å². The minimum Gasteiger partial charge on any atom is -0.311 e. The second-order valence-corrected chi connectivity index (χ2v) is 19.3. The van der Waals surface area contributed by atoms with Crippen LogP contribution in [-0.4, -0.2) is 6.71 Å². The molecule has 0 N–H and O–H groups in total. The van der Waals surface area contributed by atoms with E-state index in [1.807, 2.05) is 0 Å². The van der Waals surface area contributed by atoms with E-state index in [-0.39, 0.29) is 17.5 Å². The fourth-order valence-corrected chi connectivity index (χ4v) is 13.9. The summed E-state index contributed by atoms with van der Waals surface area (Å²) in [7, 11) is 0. The maximum atomic E-state index is 2.67. The van der Waals surface area contributed by atoms with Gasteiger partial charge in [0, 0.05) is 44.8 Å². The smallest absolute Gasteiger partial charge is 0.252 e. The van der Waals surface area contributed by atoms with Crippen LogP contribution >= 0.6 is 0 Å². The summed E-state index contributed by atoms with van der Waals surface area (Å²) in [6.07, 6.45) is 12.6. The fraction of sp³-hybridized carbons (Fsp3) is 0.200. The Morgan fingerprint density at radius 3 is 1.63 bits per heavy atom. The van der Waals surface area contributed by atoms with E-state index in [1.54, 1.807) is 11.1 Å². The van der Waals surface area contributed by atoms with E-state index in [9.17, 15) is 0 Å². The lowest BCUT2D eigenvalue weighted by Crippen LogP contribution is -2.61. The van der Waals surface area contributed by atoms with Gasteiger partial charge < -0.3 is 9.80 Å². The monoisotopic (exact) mass is 808 g/mol. The fourth-order valence-electron chi connectivity index (χ4n) is 13.9. The van der Waals surface area contributed by atoms with Gasteiger partial charge in [0.2, 0.25) is 0 Å². The van der Waals surface area contributed by atoms with Crippen molar-refractivity contribution in [3.05, 3.63) is 198 Å². The highest BCUT2D eigenvalue weighted by atomic mass is 15.2. The number of rotatable bonds is 3. The first-order valence-corrected chi connectivity index (χ1v) is 23.7. The number of hydrogen-bond acceptors (Lipinski definition) is 2. The number of anilines is 6. The molecule has 0 atom stereocenters. The average Bonchev–Trinajstić information content (AvgIpc) is 3.76. The molecule has 63 heavy (non-hydrogen) atoms. The van der Waals surface area contributed by atoms with Crippen molar-refractivity contribution in [1.82, 2.24) is 0 Å². The predicted molar refractivity (Wildman–Crippen MR) is 265 cm³/mol. The zero-order chi connectivity index (χ0) is 41.3. The summed E-state index contributed by atoms with van der Waals surface area (Å²) in [6.45, 7) is 0.0461. The molecule has 2 saturated carbocycles. The molecule has 302 valence electrons. The van der Waals surface area contributed by atoms with Crippen LogP contribution in [0.15, 0.2) is 176 Å². The lowest BCUT2D eigenvalue weighted by Gasteiger charge is -2.46. The van der Waals surface area contributed by atoms with Gasteiger partial charge in [-0.3, -0.25) is 0 Å². The highest BCUT2D eigenvalue weighted by Gasteiger charge is 2.50. The van der Waals surface area contributed by atoms with E-state index in [0.29, 0.717) is 0 Å². The Bertz CT molecular complexity index is 3150. The number of hydrogen-bond donors (Lipinski definition) is 0. The molecule has 4 aliphatic carbocycles. The standard InChI is InChI=1S/C60H49BN2/c1-5-19-40(20-6-1)43-31-32-55-57-58(43)63(41-21-7-2-8-22-41)56-39-51-47(45-24-10-12-26-49(45)60(51)35-17-4-18-36-60)38-53(56)61(57)52-27-13-14-28-54(52)62(55)42-29-30-46-44-23-9-11-25-48(44)59(50(46)37-42)33-15-3-16-34-59/h1-2,5-14,19-32,37-39H,3-4,15-18,33-36H2. The van der Waals surface area contributed by atoms with Gasteiger partial charge in [-0.25, -0.2) is 0 Å². The van der Waals surface area contributed by atoms with Gasteiger partial charge in [0.05, 0.1) is 5.69 Å². The van der Waals surface area contributed by atoms with Crippen molar-refractivity contribution >= 4 is 57.2 Å². The SMILES string of the molecule is c1ccc(-c2ccc3c4c2N(c2ccccc2)c2cc5c(cc2B4c2ccccc2N3c2ccc3c(c2)C2(CCCCC2)c2ccccc2-3)-c2ccccc2C52CCCCC2)cc1. The van der Waals surface area contributed by atoms with Crippen molar-refractivity contribution in [3.8, 4) is 33.4 Å². The summed E-state index contributed by atoms with van der Waals surface area (Å²) >= 11 is 0. The molecular formula is C60H49BN2. The van der Waals surface area contributed by atoms with Gasteiger partial charge in [0.25, 0.3) is 6.71 Å². The van der Waals surface area contributed by atoms with E-state index in [0.717, 1.165) is 0 Å². The lowest BCUT2D eigenvalue weighted by molar-refractivity contribution is 0.353. The third-order valence-corrected chi connectivity index (χ3v) is 16.4. The third-order valence-electron chi connectivity index (χ3n) is 16.4. The molecule has 14 rings (SSSR count). The van der Waals surface area contributed by atoms with Crippen molar-refractivity contribution in [2.24, 2.45) is 0 Å². The Balaban J connectivity index is 1.07. The minimum atomic E-state index is 0.0461. The van der Waals surface area contributed by atoms with Crippen LogP contribution in [0.4, 0.5) is 34.1 Å². The van der Waals surface area contributed by atoms with E-state index in [2.05, 4.69) is 186 Å². The van der Waals surface area contributed by atoms with E-state index >= 15 is 0 Å². The van der Waals surface area contributed by atoms with Gasteiger partial charge in [0.1, 0.15) is 0 Å². The zero-order valence-electron chi connectivity index (χ0n) is 35.8. The van der Waals surface area contributed by atoms with Gasteiger partial charge in [-0.2, -0.15) is 0 Å². The largest absolute Gasteiger partial charge is 0.311 e. The average molecular weight is 809 g/mol. The van der Waals surface area contributed by atoms with Crippen LogP contribution in [0, 0.1) is 0 Å². The van der Waals surface area contributed by atoms with E-state index in [4.69, 9.17) is 0 Å². The quantitative estimate of drug-likeness (QED) is 0.164. The molecule has 2 heterocycles. The normalized spacial score (nSPS) is 17.7. The zero-order valence-corrected chi connectivity index (χ0v) is 35.8. The summed E-state index contributed by atoms with van der Waals surface area (Å²) in [5.74, 6) is 0. The van der Waals surface area contributed by atoms with Crippen LogP contribution in [0.2, 0.25) is 0 Å². The molecule has 3 heteroatoms. The highest BCUT2D eigenvalue weighted by molar-refractivity contribution is 7.00. The van der Waals surface area contributed by atoms with Crippen LogP contribution in [0.25, 0.3) is 33.4 Å². The van der Waals surface area contributed by atoms with Crippen molar-refractivity contribution < 1.29 is 0 Å². The second kappa shape index (κ2) is 13.5. The molecule has 2 spiro atoms. The van der Waals surface area contributed by atoms with Gasteiger partial charge >= 0.3 is 0 Å². The maximum Gasteiger partial charge on any atom is 0.252 e. The summed E-state index contributed by atoms with van der Waals surface area (Å²) in [6, 6.07) is 68.2. The van der Waals surface area contributed by atoms with Gasteiger partial charge in [-0.15, -0.1) is 0 Å². The lowest BCUT2D eigenvalue weighted by atomic mass is 9.33. The van der Waals surface area contributed by atoms with Crippen molar-refractivity contribution in [1.29, 1.82) is 0 Å². The number of nitrogens with zero attached hydrogens (tertiary/aromatic N) is 2. The van der Waals surface area contributed by atoms with Crippen molar-refractivity contribution in [2.75, 3.05) is 9.80 Å². The Morgan fingerprint density at radius 1 is 0.349 bits per heavy atom. The second-order valence-electron chi connectivity index (χ2n) is 19.3. The molecule has 0 amide bonds. The first-order chi connectivity index (χ1) is 31.2. The van der Waals surface area contributed by atoms with E-state index in [1.165, 1.54) is 159 Å². The molecule has 8 aromatic rings. The topological polar surface area (TPSA) is 6.48 Å². The Hall–Kier alpha value is -6.58. The van der Waals surface area contributed by atoms with Gasteiger partial charge in [-0.05, 0) is 135 Å². The first-order valence-electron chi connectivity index (χ1n) is 23.7. The molecule has 2 aliphatic heterocycles. The predicted octanol–water partition coefficient (Wildman–Crippen LogP) is 13.9. The van der Waals surface area contributed by atoms with E-state index < -0.39 is 0 Å². The molecule has 0 aromatic heterocycles.